The Labute approximate surface area is 108 Å². The van der Waals surface area contributed by atoms with Crippen LogP contribution in [0.25, 0.3) is 0 Å². The van der Waals surface area contributed by atoms with Gasteiger partial charge in [0.15, 0.2) is 0 Å². The van der Waals surface area contributed by atoms with E-state index in [0.29, 0.717) is 13.1 Å². The Morgan fingerprint density at radius 1 is 1.56 bits per heavy atom. The fourth-order valence-corrected chi connectivity index (χ4v) is 4.40. The summed E-state index contributed by atoms with van der Waals surface area (Å²) in [4.78, 5) is 0.229. The number of hydrogen-bond donors (Lipinski definition) is 2. The molecule has 0 bridgehead atoms. The molecule has 0 amide bonds. The predicted octanol–water partition coefficient (Wildman–Crippen LogP) is 0.548. The van der Waals surface area contributed by atoms with Crippen molar-refractivity contribution in [2.45, 2.75) is 37.1 Å². The quantitative estimate of drug-likeness (QED) is 0.818. The lowest BCUT2D eigenvalue weighted by molar-refractivity contribution is 0.276. The van der Waals surface area contributed by atoms with Gasteiger partial charge in [-0.25, -0.2) is 8.42 Å². The Hall–Kier alpha value is -0.920. The van der Waals surface area contributed by atoms with Crippen LogP contribution in [0.15, 0.2) is 17.3 Å². The Bertz CT molecular complexity index is 471. The van der Waals surface area contributed by atoms with Crippen molar-refractivity contribution in [3.63, 3.8) is 0 Å². The summed E-state index contributed by atoms with van der Waals surface area (Å²) in [5.74, 6) is 0.270. The number of nitrogens with two attached hydrogens (primary N) is 1. The third-order valence-electron chi connectivity index (χ3n) is 3.68. The minimum absolute atomic E-state index is 0.0277. The summed E-state index contributed by atoms with van der Waals surface area (Å²) in [6, 6.07) is 0.0277. The second-order valence-corrected chi connectivity index (χ2v) is 6.53. The second kappa shape index (κ2) is 5.38. The molecule has 0 aromatic carbocycles. The van der Waals surface area contributed by atoms with Crippen LogP contribution in [0.2, 0.25) is 0 Å². The van der Waals surface area contributed by atoms with Crippen molar-refractivity contribution in [1.82, 2.24) is 14.5 Å². The molecule has 2 unspecified atom stereocenters. The SMILES string of the molecule is CCN(C1CCCC1CN)S(=O)(=O)c1cn[nH]c1. The van der Waals surface area contributed by atoms with Crippen LogP contribution >= 0.6 is 0 Å². The van der Waals surface area contributed by atoms with Crippen molar-refractivity contribution in [3.8, 4) is 0 Å². The van der Waals surface area contributed by atoms with E-state index in [4.69, 9.17) is 5.73 Å². The van der Waals surface area contributed by atoms with Crippen LogP contribution < -0.4 is 5.73 Å². The van der Waals surface area contributed by atoms with Gasteiger partial charge in [-0.2, -0.15) is 9.40 Å². The minimum atomic E-state index is -3.45. The summed E-state index contributed by atoms with van der Waals surface area (Å²) in [6.07, 6.45) is 5.73. The lowest BCUT2D eigenvalue weighted by Crippen LogP contribution is -2.43. The molecule has 1 heterocycles. The maximum Gasteiger partial charge on any atom is 0.246 e. The molecule has 6 nitrogen and oxygen atoms in total. The van der Waals surface area contributed by atoms with Crippen molar-refractivity contribution in [2.75, 3.05) is 13.1 Å². The van der Waals surface area contributed by atoms with Crippen LogP contribution in [0.3, 0.4) is 0 Å². The normalized spacial score (nSPS) is 24.8. The summed E-state index contributed by atoms with van der Waals surface area (Å²) < 4.78 is 26.6. The van der Waals surface area contributed by atoms with Gasteiger partial charge in [-0.15, -0.1) is 0 Å². The van der Waals surface area contributed by atoms with Gasteiger partial charge in [0, 0.05) is 18.8 Å². The lowest BCUT2D eigenvalue weighted by Gasteiger charge is -2.30. The van der Waals surface area contributed by atoms with Crippen LogP contribution in [0.1, 0.15) is 26.2 Å². The Kier molecular flexibility index (Phi) is 4.04. The third kappa shape index (κ3) is 2.30. The molecule has 18 heavy (non-hydrogen) atoms. The molecular weight excluding hydrogens is 252 g/mol. The third-order valence-corrected chi connectivity index (χ3v) is 5.65. The Morgan fingerprint density at radius 3 is 2.89 bits per heavy atom. The molecule has 1 saturated carbocycles. The monoisotopic (exact) mass is 272 g/mol. The molecule has 3 N–H and O–H groups in total. The molecule has 1 aromatic heterocycles. The molecule has 0 aliphatic heterocycles. The van der Waals surface area contributed by atoms with E-state index in [1.54, 1.807) is 4.31 Å². The van der Waals surface area contributed by atoms with Crippen LogP contribution in [-0.2, 0) is 10.0 Å². The molecule has 2 atom stereocenters. The summed E-state index contributed by atoms with van der Waals surface area (Å²) >= 11 is 0. The van der Waals surface area contributed by atoms with Gasteiger partial charge in [0.1, 0.15) is 4.90 Å². The fraction of sp³-hybridized carbons (Fsp3) is 0.727. The van der Waals surface area contributed by atoms with Crippen molar-refractivity contribution >= 4 is 10.0 Å². The smallest absolute Gasteiger partial charge is 0.246 e. The molecule has 0 spiro atoms. The van der Waals surface area contributed by atoms with Crippen LogP contribution in [0, 0.1) is 5.92 Å². The van der Waals surface area contributed by atoms with E-state index in [-0.39, 0.29) is 16.9 Å². The van der Waals surface area contributed by atoms with E-state index < -0.39 is 10.0 Å². The zero-order chi connectivity index (χ0) is 13.2. The maximum absolute atomic E-state index is 12.5. The van der Waals surface area contributed by atoms with Gasteiger partial charge in [0.05, 0.1) is 6.20 Å². The molecule has 2 rings (SSSR count). The molecule has 102 valence electrons. The van der Waals surface area contributed by atoms with E-state index in [0.717, 1.165) is 19.3 Å². The number of aromatic nitrogens is 2. The molecule has 1 aliphatic carbocycles. The number of rotatable bonds is 5. The van der Waals surface area contributed by atoms with Gasteiger partial charge in [-0.1, -0.05) is 13.3 Å². The van der Waals surface area contributed by atoms with Gasteiger partial charge in [0.25, 0.3) is 0 Å². The van der Waals surface area contributed by atoms with Gasteiger partial charge in [0.2, 0.25) is 10.0 Å². The van der Waals surface area contributed by atoms with E-state index in [1.165, 1.54) is 12.4 Å². The highest BCUT2D eigenvalue weighted by Crippen LogP contribution is 2.32. The highest BCUT2D eigenvalue weighted by Gasteiger charge is 2.37. The maximum atomic E-state index is 12.5. The van der Waals surface area contributed by atoms with Gasteiger partial charge >= 0.3 is 0 Å². The predicted molar refractivity (Wildman–Crippen MR) is 68.3 cm³/mol. The first-order valence-electron chi connectivity index (χ1n) is 6.32. The largest absolute Gasteiger partial charge is 0.330 e. The summed E-state index contributed by atoms with van der Waals surface area (Å²) in [5.41, 5.74) is 5.74. The molecule has 7 heteroatoms. The Morgan fingerprint density at radius 2 is 2.33 bits per heavy atom. The molecule has 1 aromatic rings. The van der Waals surface area contributed by atoms with Gasteiger partial charge in [-0.3, -0.25) is 5.10 Å². The molecule has 1 aliphatic rings. The van der Waals surface area contributed by atoms with Gasteiger partial charge in [-0.05, 0) is 25.3 Å². The Balaban J connectivity index is 2.29. The highest BCUT2D eigenvalue weighted by atomic mass is 32.2. The number of nitrogens with one attached hydrogen (secondary N) is 1. The highest BCUT2D eigenvalue weighted by molar-refractivity contribution is 7.89. The van der Waals surface area contributed by atoms with Gasteiger partial charge < -0.3 is 5.73 Å². The van der Waals surface area contributed by atoms with Crippen molar-refractivity contribution in [1.29, 1.82) is 0 Å². The number of aromatic amines is 1. The van der Waals surface area contributed by atoms with Crippen molar-refractivity contribution < 1.29 is 8.42 Å². The van der Waals surface area contributed by atoms with Crippen molar-refractivity contribution in [3.05, 3.63) is 12.4 Å². The molecule has 0 radical (unpaired) electrons. The minimum Gasteiger partial charge on any atom is -0.330 e. The molecule has 0 saturated heterocycles. The topological polar surface area (TPSA) is 92.1 Å². The zero-order valence-corrected chi connectivity index (χ0v) is 11.4. The van der Waals surface area contributed by atoms with Crippen LogP contribution in [0.5, 0.6) is 0 Å². The average molecular weight is 272 g/mol. The van der Waals surface area contributed by atoms with E-state index >= 15 is 0 Å². The number of hydrogen-bond acceptors (Lipinski definition) is 4. The van der Waals surface area contributed by atoms with E-state index in [2.05, 4.69) is 10.2 Å². The van der Waals surface area contributed by atoms with E-state index in [9.17, 15) is 8.42 Å². The first-order valence-corrected chi connectivity index (χ1v) is 7.76. The zero-order valence-electron chi connectivity index (χ0n) is 10.5. The second-order valence-electron chi connectivity index (χ2n) is 4.64. The number of sulfonamides is 1. The van der Waals surface area contributed by atoms with Crippen LogP contribution in [-0.4, -0.2) is 42.1 Å². The lowest BCUT2D eigenvalue weighted by atomic mass is 10.0. The number of nitrogens with zero attached hydrogens (tertiary/aromatic N) is 2. The molecular formula is C11H20N4O2S. The average Bonchev–Trinajstić information content (AvgIpc) is 3.00. The van der Waals surface area contributed by atoms with Crippen molar-refractivity contribution in [2.24, 2.45) is 11.7 Å². The number of H-pyrrole nitrogens is 1. The van der Waals surface area contributed by atoms with Crippen LogP contribution in [0.4, 0.5) is 0 Å². The summed E-state index contributed by atoms with van der Waals surface area (Å²) in [6.45, 7) is 2.88. The first kappa shape index (κ1) is 13.5. The fourth-order valence-electron chi connectivity index (χ4n) is 2.77. The molecule has 1 fully saturated rings. The van der Waals surface area contributed by atoms with E-state index in [1.807, 2.05) is 6.92 Å². The first-order chi connectivity index (χ1) is 8.61. The summed E-state index contributed by atoms with van der Waals surface area (Å²) in [5, 5.41) is 6.27. The summed E-state index contributed by atoms with van der Waals surface area (Å²) in [7, 11) is -3.45. The standard InChI is InChI=1S/C11H20N4O2S/c1-2-15(11-5-3-4-9(11)6-12)18(16,17)10-7-13-14-8-10/h7-9,11H,2-6,12H2,1H3,(H,13,14).